The zero-order valence-electron chi connectivity index (χ0n) is 15.8. The van der Waals surface area contributed by atoms with Crippen molar-refractivity contribution in [1.29, 1.82) is 0 Å². The van der Waals surface area contributed by atoms with Gasteiger partial charge in [-0.2, -0.15) is 0 Å². The Kier molecular flexibility index (Phi) is 8.13. The van der Waals surface area contributed by atoms with Crippen molar-refractivity contribution in [3.63, 3.8) is 0 Å². The van der Waals surface area contributed by atoms with E-state index in [1.807, 2.05) is 26.4 Å². The molecule has 23 heavy (non-hydrogen) atoms. The second kappa shape index (κ2) is 9.58. The van der Waals surface area contributed by atoms with Gasteiger partial charge in [-0.25, -0.2) is 4.98 Å². The molecule has 1 heterocycles. The van der Waals surface area contributed by atoms with Crippen LogP contribution in [0.4, 0.5) is 0 Å². The van der Waals surface area contributed by atoms with Crippen LogP contribution in [0.15, 0.2) is 17.4 Å². The highest BCUT2D eigenvalue weighted by atomic mass is 15.2. The Balaban J connectivity index is 2.17. The standard InChI is InChI=1S/C18H35N5/c1-15(9-10-18(3,4)5)22-17(19-6)21-11-7-8-13-23-14-12-20-16(23)2/h12,14-15H,7-11,13H2,1-6H3,(H2,19,21,22). The van der Waals surface area contributed by atoms with Gasteiger partial charge in [0.05, 0.1) is 0 Å². The van der Waals surface area contributed by atoms with Gasteiger partial charge in [0.25, 0.3) is 0 Å². The highest BCUT2D eigenvalue weighted by molar-refractivity contribution is 5.79. The molecular formula is C18H35N5. The molecule has 0 aromatic carbocycles. The number of nitrogens with one attached hydrogen (secondary N) is 2. The molecule has 1 aromatic rings. The molecular weight excluding hydrogens is 286 g/mol. The van der Waals surface area contributed by atoms with Crippen LogP contribution in [-0.2, 0) is 6.54 Å². The first kappa shape index (κ1) is 19.5. The predicted molar refractivity (Wildman–Crippen MR) is 98.8 cm³/mol. The van der Waals surface area contributed by atoms with Crippen molar-refractivity contribution in [1.82, 2.24) is 20.2 Å². The number of aromatic nitrogens is 2. The van der Waals surface area contributed by atoms with Crippen LogP contribution in [0.2, 0.25) is 0 Å². The van der Waals surface area contributed by atoms with E-state index in [1.165, 1.54) is 6.42 Å². The van der Waals surface area contributed by atoms with Crippen LogP contribution >= 0.6 is 0 Å². The van der Waals surface area contributed by atoms with E-state index in [4.69, 9.17) is 0 Å². The fraction of sp³-hybridized carbons (Fsp3) is 0.778. The van der Waals surface area contributed by atoms with Gasteiger partial charge in [-0.3, -0.25) is 4.99 Å². The first-order valence-corrected chi connectivity index (χ1v) is 8.77. The van der Waals surface area contributed by atoms with Gasteiger partial charge in [0.2, 0.25) is 0 Å². The van der Waals surface area contributed by atoms with Gasteiger partial charge in [-0.15, -0.1) is 0 Å². The third kappa shape index (κ3) is 8.62. The molecule has 1 atom stereocenters. The number of hydrogen-bond acceptors (Lipinski definition) is 2. The topological polar surface area (TPSA) is 54.2 Å². The van der Waals surface area contributed by atoms with Crippen LogP contribution in [-0.4, -0.2) is 35.1 Å². The van der Waals surface area contributed by atoms with Gasteiger partial charge in [0.15, 0.2) is 5.96 Å². The zero-order chi connectivity index (χ0) is 17.3. The van der Waals surface area contributed by atoms with Gasteiger partial charge in [-0.1, -0.05) is 20.8 Å². The van der Waals surface area contributed by atoms with Gasteiger partial charge in [-0.05, 0) is 44.9 Å². The van der Waals surface area contributed by atoms with Crippen molar-refractivity contribution in [2.24, 2.45) is 10.4 Å². The summed E-state index contributed by atoms with van der Waals surface area (Å²) >= 11 is 0. The Morgan fingerprint density at radius 2 is 2.09 bits per heavy atom. The van der Waals surface area contributed by atoms with Crippen molar-refractivity contribution in [3.05, 3.63) is 18.2 Å². The molecule has 1 aromatic heterocycles. The minimum absolute atomic E-state index is 0.387. The van der Waals surface area contributed by atoms with Gasteiger partial charge in [0, 0.05) is 38.6 Å². The summed E-state index contributed by atoms with van der Waals surface area (Å²) in [7, 11) is 1.83. The molecule has 0 aliphatic carbocycles. The minimum atomic E-state index is 0.387. The highest BCUT2D eigenvalue weighted by Crippen LogP contribution is 2.21. The maximum Gasteiger partial charge on any atom is 0.191 e. The Morgan fingerprint density at radius 1 is 1.35 bits per heavy atom. The van der Waals surface area contributed by atoms with E-state index in [0.717, 1.165) is 44.1 Å². The highest BCUT2D eigenvalue weighted by Gasteiger charge is 2.13. The largest absolute Gasteiger partial charge is 0.356 e. The van der Waals surface area contributed by atoms with Crippen molar-refractivity contribution in [3.8, 4) is 0 Å². The Bertz CT molecular complexity index is 470. The summed E-state index contributed by atoms with van der Waals surface area (Å²) in [6.45, 7) is 13.1. The quantitative estimate of drug-likeness (QED) is 0.438. The molecule has 0 aliphatic heterocycles. The van der Waals surface area contributed by atoms with Crippen molar-refractivity contribution in [2.45, 2.75) is 72.9 Å². The van der Waals surface area contributed by atoms with Crippen molar-refractivity contribution >= 4 is 5.96 Å². The Morgan fingerprint density at radius 3 is 2.65 bits per heavy atom. The van der Waals surface area contributed by atoms with Crippen LogP contribution in [0.5, 0.6) is 0 Å². The Hall–Kier alpha value is -1.52. The van der Waals surface area contributed by atoms with Crippen molar-refractivity contribution < 1.29 is 0 Å². The molecule has 0 spiro atoms. The number of imidazole rings is 1. The summed E-state index contributed by atoms with van der Waals surface area (Å²) in [4.78, 5) is 8.56. The minimum Gasteiger partial charge on any atom is -0.356 e. The van der Waals surface area contributed by atoms with Crippen LogP contribution in [0.3, 0.4) is 0 Å². The molecule has 0 fully saturated rings. The zero-order valence-corrected chi connectivity index (χ0v) is 15.8. The molecule has 0 bridgehead atoms. The van der Waals surface area contributed by atoms with E-state index in [2.05, 4.69) is 52.9 Å². The van der Waals surface area contributed by atoms with Crippen LogP contribution in [0.25, 0.3) is 0 Å². The molecule has 5 nitrogen and oxygen atoms in total. The number of aryl methyl sites for hydroxylation is 2. The van der Waals surface area contributed by atoms with Gasteiger partial charge >= 0.3 is 0 Å². The lowest BCUT2D eigenvalue weighted by Crippen LogP contribution is -2.42. The normalized spacial score (nSPS) is 13.9. The van der Waals surface area contributed by atoms with E-state index in [-0.39, 0.29) is 0 Å². The molecule has 0 saturated heterocycles. The fourth-order valence-electron chi connectivity index (χ4n) is 2.40. The summed E-state index contributed by atoms with van der Waals surface area (Å²) in [5.41, 5.74) is 0.387. The van der Waals surface area contributed by atoms with Gasteiger partial charge < -0.3 is 15.2 Å². The Labute approximate surface area is 142 Å². The first-order valence-electron chi connectivity index (χ1n) is 8.77. The van der Waals surface area contributed by atoms with Crippen LogP contribution in [0.1, 0.15) is 59.2 Å². The summed E-state index contributed by atoms with van der Waals surface area (Å²) < 4.78 is 2.20. The molecule has 132 valence electrons. The second-order valence-electron chi connectivity index (χ2n) is 7.52. The third-order valence-electron chi connectivity index (χ3n) is 3.98. The predicted octanol–water partition coefficient (Wildman–Crippen LogP) is 3.35. The number of rotatable bonds is 8. The summed E-state index contributed by atoms with van der Waals surface area (Å²) in [6, 6.07) is 0.439. The lowest BCUT2D eigenvalue weighted by atomic mass is 9.89. The maximum absolute atomic E-state index is 4.31. The van der Waals surface area contributed by atoms with Crippen LogP contribution in [0, 0.1) is 12.3 Å². The number of unbranched alkanes of at least 4 members (excludes halogenated alkanes) is 1. The van der Waals surface area contributed by atoms with Crippen molar-refractivity contribution in [2.75, 3.05) is 13.6 Å². The summed E-state index contributed by atoms with van der Waals surface area (Å²) in [5.74, 6) is 1.99. The van der Waals surface area contributed by atoms with E-state index >= 15 is 0 Å². The van der Waals surface area contributed by atoms with E-state index in [0.29, 0.717) is 11.5 Å². The molecule has 2 N–H and O–H groups in total. The number of nitrogens with zero attached hydrogens (tertiary/aromatic N) is 3. The molecule has 1 unspecified atom stereocenters. The number of hydrogen-bond donors (Lipinski definition) is 2. The number of guanidine groups is 1. The summed E-state index contributed by atoms with van der Waals surface area (Å²) in [5, 5.41) is 6.88. The van der Waals surface area contributed by atoms with E-state index in [1.54, 1.807) is 0 Å². The van der Waals surface area contributed by atoms with Crippen LogP contribution < -0.4 is 10.6 Å². The van der Waals surface area contributed by atoms with E-state index in [9.17, 15) is 0 Å². The van der Waals surface area contributed by atoms with Gasteiger partial charge in [0.1, 0.15) is 5.82 Å². The average Bonchev–Trinajstić information content (AvgIpc) is 2.88. The lowest BCUT2D eigenvalue weighted by Gasteiger charge is -2.23. The average molecular weight is 322 g/mol. The lowest BCUT2D eigenvalue weighted by molar-refractivity contribution is 0.346. The fourth-order valence-corrected chi connectivity index (χ4v) is 2.40. The van der Waals surface area contributed by atoms with E-state index < -0.39 is 0 Å². The molecule has 0 amide bonds. The number of aliphatic imine (C=N–C) groups is 1. The first-order chi connectivity index (χ1) is 10.8. The monoisotopic (exact) mass is 321 g/mol. The molecule has 1 rings (SSSR count). The smallest absolute Gasteiger partial charge is 0.191 e. The second-order valence-corrected chi connectivity index (χ2v) is 7.52. The maximum atomic E-state index is 4.31. The molecule has 5 heteroatoms. The third-order valence-corrected chi connectivity index (χ3v) is 3.98. The molecule has 0 saturated carbocycles. The molecule has 0 aliphatic rings. The molecule has 0 radical (unpaired) electrons. The summed E-state index contributed by atoms with van der Waals surface area (Å²) in [6.07, 6.45) is 8.53. The SMILES string of the molecule is CN=C(NCCCCn1ccnc1C)NC(C)CCC(C)(C)C.